The lowest BCUT2D eigenvalue weighted by atomic mass is 10.1. The van der Waals surface area contributed by atoms with Crippen LogP contribution in [0.2, 0.25) is 0 Å². The van der Waals surface area contributed by atoms with Crippen molar-refractivity contribution in [2.75, 3.05) is 7.11 Å². The Morgan fingerprint density at radius 1 is 0.962 bits per heavy atom. The molecule has 2 aromatic rings. The summed E-state index contributed by atoms with van der Waals surface area (Å²) in [5.74, 6) is -0.324. The largest absolute Gasteiger partial charge is 0.468 e. The van der Waals surface area contributed by atoms with Gasteiger partial charge in [0.2, 0.25) is 5.91 Å². The molecule has 0 radical (unpaired) electrons. The van der Waals surface area contributed by atoms with E-state index in [1.54, 1.807) is 0 Å². The molecule has 1 saturated heterocycles. The van der Waals surface area contributed by atoms with Crippen LogP contribution < -0.4 is 5.32 Å². The number of carbonyl (C=O) groups excluding carboxylic acids is 2. The molecule has 1 N–H and O–H groups in total. The fraction of sp³-hybridized carbons (Fsp3) is 0.333. The number of esters is 1. The number of benzene rings is 2. The summed E-state index contributed by atoms with van der Waals surface area (Å²) in [7, 11) is 1.39. The van der Waals surface area contributed by atoms with Gasteiger partial charge in [0.1, 0.15) is 6.04 Å². The number of methoxy groups -OCH3 is 1. The van der Waals surface area contributed by atoms with Crippen LogP contribution in [0, 0.1) is 0 Å². The number of rotatable bonds is 6. The average Bonchev–Trinajstić information content (AvgIpc) is 3.10. The van der Waals surface area contributed by atoms with Crippen molar-refractivity contribution >= 4 is 11.9 Å². The Bertz CT molecular complexity index is 733. The van der Waals surface area contributed by atoms with Crippen molar-refractivity contribution in [3.05, 3.63) is 71.8 Å². The van der Waals surface area contributed by atoms with Crippen LogP contribution in [-0.2, 0) is 27.4 Å². The Balaban J connectivity index is 1.71. The maximum Gasteiger partial charge on any atom is 0.323 e. The van der Waals surface area contributed by atoms with Crippen molar-refractivity contribution in [2.45, 2.75) is 38.0 Å². The standard InChI is InChI=1S/C21H24N2O3/c1-26-21(25)19-13-12-18(23(19)15-17-10-6-3-7-11-17)20(24)22-14-16-8-4-2-5-9-16/h2-11,18-19H,12-15H2,1H3,(H,22,24). The minimum absolute atomic E-state index is 0.0452. The van der Waals surface area contributed by atoms with Crippen molar-refractivity contribution in [3.63, 3.8) is 0 Å². The fourth-order valence-corrected chi connectivity index (χ4v) is 3.45. The summed E-state index contributed by atoms with van der Waals surface area (Å²) < 4.78 is 4.95. The lowest BCUT2D eigenvalue weighted by Gasteiger charge is -2.28. The van der Waals surface area contributed by atoms with Crippen LogP contribution in [0.5, 0.6) is 0 Å². The summed E-state index contributed by atoms with van der Waals surface area (Å²) in [5, 5.41) is 3.00. The van der Waals surface area contributed by atoms with Crippen molar-refractivity contribution in [2.24, 2.45) is 0 Å². The molecule has 2 unspecified atom stereocenters. The molecule has 1 heterocycles. The van der Waals surface area contributed by atoms with Crippen LogP contribution in [0.15, 0.2) is 60.7 Å². The van der Waals surface area contributed by atoms with Gasteiger partial charge in [-0.15, -0.1) is 0 Å². The van der Waals surface area contributed by atoms with Gasteiger partial charge in [-0.3, -0.25) is 14.5 Å². The van der Waals surface area contributed by atoms with Crippen LogP contribution in [0.3, 0.4) is 0 Å². The molecule has 0 spiro atoms. The molecule has 3 rings (SSSR count). The number of nitrogens with zero attached hydrogens (tertiary/aromatic N) is 1. The first-order valence-corrected chi connectivity index (χ1v) is 8.88. The van der Waals surface area contributed by atoms with Crippen LogP contribution in [0.25, 0.3) is 0 Å². The SMILES string of the molecule is COC(=O)C1CCC(C(=O)NCc2ccccc2)N1Cc1ccccc1. The Labute approximate surface area is 154 Å². The normalized spacial score (nSPS) is 19.9. The monoisotopic (exact) mass is 352 g/mol. The summed E-state index contributed by atoms with van der Waals surface area (Å²) >= 11 is 0. The predicted octanol–water partition coefficient (Wildman–Crippen LogP) is 2.51. The Hall–Kier alpha value is -2.66. The summed E-state index contributed by atoms with van der Waals surface area (Å²) in [5.41, 5.74) is 2.13. The van der Waals surface area contributed by atoms with E-state index < -0.39 is 0 Å². The molecule has 1 fully saturated rings. The molecule has 26 heavy (non-hydrogen) atoms. The van der Waals surface area contributed by atoms with Crippen LogP contribution in [-0.4, -0.2) is 36.0 Å². The van der Waals surface area contributed by atoms with Crippen LogP contribution in [0.4, 0.5) is 0 Å². The number of nitrogens with one attached hydrogen (secondary N) is 1. The molecule has 5 nitrogen and oxygen atoms in total. The minimum Gasteiger partial charge on any atom is -0.468 e. The molecule has 1 aliphatic heterocycles. The Morgan fingerprint density at radius 2 is 1.54 bits per heavy atom. The minimum atomic E-state index is -0.382. The highest BCUT2D eigenvalue weighted by Gasteiger charge is 2.41. The first kappa shape index (κ1) is 18.1. The van der Waals surface area contributed by atoms with Crippen LogP contribution >= 0.6 is 0 Å². The molecule has 1 aliphatic rings. The van der Waals surface area contributed by atoms with Gasteiger partial charge < -0.3 is 10.1 Å². The summed E-state index contributed by atoms with van der Waals surface area (Å²) in [6, 6.07) is 19.0. The maximum atomic E-state index is 12.8. The first-order chi connectivity index (χ1) is 12.7. The van der Waals surface area contributed by atoms with E-state index in [0.717, 1.165) is 11.1 Å². The number of ether oxygens (including phenoxy) is 1. The highest BCUT2D eigenvalue weighted by atomic mass is 16.5. The van der Waals surface area contributed by atoms with Gasteiger partial charge in [0.05, 0.1) is 13.2 Å². The maximum absolute atomic E-state index is 12.8. The molecular formula is C21H24N2O3. The Kier molecular flexibility index (Phi) is 6.02. The van der Waals surface area contributed by atoms with Crippen molar-refractivity contribution in [1.29, 1.82) is 0 Å². The third kappa shape index (κ3) is 4.29. The lowest BCUT2D eigenvalue weighted by molar-refractivity contribution is -0.147. The van der Waals surface area contributed by atoms with Gasteiger partial charge in [0, 0.05) is 13.1 Å². The third-order valence-electron chi connectivity index (χ3n) is 4.81. The smallest absolute Gasteiger partial charge is 0.323 e. The van der Waals surface area contributed by atoms with Gasteiger partial charge >= 0.3 is 5.97 Å². The molecule has 0 aromatic heterocycles. The Morgan fingerprint density at radius 3 is 2.15 bits per heavy atom. The molecule has 0 aliphatic carbocycles. The number of hydrogen-bond donors (Lipinski definition) is 1. The summed E-state index contributed by atoms with van der Waals surface area (Å²) in [4.78, 5) is 26.9. The number of hydrogen-bond acceptors (Lipinski definition) is 4. The van der Waals surface area contributed by atoms with Crippen molar-refractivity contribution in [3.8, 4) is 0 Å². The van der Waals surface area contributed by atoms with Gasteiger partial charge in [-0.25, -0.2) is 0 Å². The highest BCUT2D eigenvalue weighted by Crippen LogP contribution is 2.27. The van der Waals surface area contributed by atoms with E-state index in [2.05, 4.69) is 5.32 Å². The van der Waals surface area contributed by atoms with E-state index >= 15 is 0 Å². The second-order valence-corrected chi connectivity index (χ2v) is 6.49. The van der Waals surface area contributed by atoms with E-state index in [0.29, 0.717) is 25.9 Å². The van der Waals surface area contributed by atoms with Gasteiger partial charge in [-0.2, -0.15) is 0 Å². The van der Waals surface area contributed by atoms with E-state index in [4.69, 9.17) is 4.74 Å². The highest BCUT2D eigenvalue weighted by molar-refractivity contribution is 5.84. The number of amides is 1. The fourth-order valence-electron chi connectivity index (χ4n) is 3.45. The second-order valence-electron chi connectivity index (χ2n) is 6.49. The summed E-state index contributed by atoms with van der Waals surface area (Å²) in [6.07, 6.45) is 1.27. The van der Waals surface area contributed by atoms with E-state index in [1.165, 1.54) is 7.11 Å². The molecule has 1 amide bonds. The number of likely N-dealkylation sites (tertiary alicyclic amines) is 1. The van der Waals surface area contributed by atoms with Gasteiger partial charge in [0.15, 0.2) is 0 Å². The molecule has 2 aromatic carbocycles. The van der Waals surface area contributed by atoms with Crippen LogP contribution in [0.1, 0.15) is 24.0 Å². The van der Waals surface area contributed by atoms with Crippen molar-refractivity contribution in [1.82, 2.24) is 10.2 Å². The number of carbonyl (C=O) groups is 2. The van der Waals surface area contributed by atoms with Gasteiger partial charge in [-0.1, -0.05) is 60.7 Å². The van der Waals surface area contributed by atoms with E-state index in [9.17, 15) is 9.59 Å². The average molecular weight is 352 g/mol. The molecule has 136 valence electrons. The van der Waals surface area contributed by atoms with E-state index in [1.807, 2.05) is 65.6 Å². The first-order valence-electron chi connectivity index (χ1n) is 8.88. The zero-order valence-electron chi connectivity index (χ0n) is 14.9. The third-order valence-corrected chi connectivity index (χ3v) is 4.81. The molecule has 5 heteroatoms. The predicted molar refractivity (Wildman–Crippen MR) is 99.1 cm³/mol. The molecular weight excluding hydrogens is 328 g/mol. The van der Waals surface area contributed by atoms with E-state index in [-0.39, 0.29) is 24.0 Å². The second kappa shape index (κ2) is 8.63. The summed E-state index contributed by atoms with van der Waals surface area (Å²) in [6.45, 7) is 1.03. The topological polar surface area (TPSA) is 58.6 Å². The zero-order chi connectivity index (χ0) is 18.4. The molecule has 0 saturated carbocycles. The van der Waals surface area contributed by atoms with Gasteiger partial charge in [0.25, 0.3) is 0 Å². The van der Waals surface area contributed by atoms with Crippen molar-refractivity contribution < 1.29 is 14.3 Å². The molecule has 2 atom stereocenters. The lowest BCUT2D eigenvalue weighted by Crippen LogP contribution is -2.47. The quantitative estimate of drug-likeness (QED) is 0.812. The van der Waals surface area contributed by atoms with Gasteiger partial charge in [-0.05, 0) is 24.0 Å². The molecule has 0 bridgehead atoms. The zero-order valence-corrected chi connectivity index (χ0v) is 14.9.